The van der Waals surface area contributed by atoms with Gasteiger partial charge in [-0.05, 0) is 40.6 Å². The normalized spacial score (nSPS) is 12.3. The second-order valence-corrected chi connectivity index (χ2v) is 4.95. The highest BCUT2D eigenvalue weighted by atomic mass is 19.1. The second kappa shape index (κ2) is 5.94. The molecule has 0 aliphatic rings. The van der Waals surface area contributed by atoms with Gasteiger partial charge in [0.1, 0.15) is 5.82 Å². The average molecular weight is 281 g/mol. The van der Waals surface area contributed by atoms with Gasteiger partial charge in [0.2, 0.25) is 0 Å². The molecule has 2 nitrogen and oxygen atoms in total. The molecule has 0 amide bonds. The van der Waals surface area contributed by atoms with Crippen LogP contribution in [0.5, 0.6) is 0 Å². The molecule has 0 aliphatic carbocycles. The van der Waals surface area contributed by atoms with E-state index in [1.54, 1.807) is 12.1 Å². The first kappa shape index (κ1) is 13.6. The molecule has 21 heavy (non-hydrogen) atoms. The maximum Gasteiger partial charge on any atom is 0.123 e. The predicted octanol–water partition coefficient (Wildman–Crippen LogP) is 4.12. The molecule has 0 bridgehead atoms. The summed E-state index contributed by atoms with van der Waals surface area (Å²) in [6.45, 7) is -0.0363. The molecule has 2 N–H and O–H groups in total. The fourth-order valence-corrected chi connectivity index (χ4v) is 2.52. The first-order chi connectivity index (χ1) is 10.3. The van der Waals surface area contributed by atoms with E-state index in [1.807, 2.05) is 42.5 Å². The summed E-state index contributed by atoms with van der Waals surface area (Å²) in [4.78, 5) is 0. The largest absolute Gasteiger partial charge is 0.394 e. The van der Waals surface area contributed by atoms with Crippen LogP contribution in [0.2, 0.25) is 0 Å². The molecule has 3 aromatic carbocycles. The SMILES string of the molecule is OCC(Nc1ccc(F)cc1)c1cccc2ccccc12. The molecule has 0 spiro atoms. The zero-order chi connectivity index (χ0) is 14.7. The molecule has 0 heterocycles. The molecule has 3 heteroatoms. The van der Waals surface area contributed by atoms with Crippen molar-refractivity contribution in [3.05, 3.63) is 78.1 Å². The molecule has 3 rings (SSSR count). The number of rotatable bonds is 4. The maximum atomic E-state index is 13.0. The second-order valence-electron chi connectivity index (χ2n) is 4.95. The Bertz CT molecular complexity index is 734. The van der Waals surface area contributed by atoms with E-state index in [4.69, 9.17) is 0 Å². The molecule has 0 aromatic heterocycles. The standard InChI is InChI=1S/C18H16FNO/c19-14-8-10-15(11-9-14)20-18(12-21)17-7-3-5-13-4-1-2-6-16(13)17/h1-11,18,20-21H,12H2. The molecule has 106 valence electrons. The number of aliphatic hydroxyl groups excluding tert-OH is 1. The molecule has 1 unspecified atom stereocenters. The van der Waals surface area contributed by atoms with Gasteiger partial charge in [-0.1, -0.05) is 42.5 Å². The minimum Gasteiger partial charge on any atom is -0.394 e. The molecule has 0 saturated carbocycles. The summed E-state index contributed by atoms with van der Waals surface area (Å²) in [5.41, 5.74) is 1.81. The average Bonchev–Trinajstić information content (AvgIpc) is 2.54. The summed E-state index contributed by atoms with van der Waals surface area (Å²) in [7, 11) is 0. The van der Waals surface area contributed by atoms with Crippen molar-refractivity contribution in [2.24, 2.45) is 0 Å². The van der Waals surface area contributed by atoms with Gasteiger partial charge in [0.25, 0.3) is 0 Å². The van der Waals surface area contributed by atoms with Crippen molar-refractivity contribution < 1.29 is 9.50 Å². The van der Waals surface area contributed by atoms with Gasteiger partial charge in [0.05, 0.1) is 12.6 Å². The van der Waals surface area contributed by atoms with Crippen molar-refractivity contribution in [2.75, 3.05) is 11.9 Å². The lowest BCUT2D eigenvalue weighted by Gasteiger charge is -2.20. The van der Waals surface area contributed by atoms with Crippen molar-refractivity contribution >= 4 is 16.5 Å². The van der Waals surface area contributed by atoms with Crippen molar-refractivity contribution in [3.8, 4) is 0 Å². The lowest BCUT2D eigenvalue weighted by Crippen LogP contribution is -2.15. The zero-order valence-corrected chi connectivity index (χ0v) is 11.5. The number of benzene rings is 3. The summed E-state index contributed by atoms with van der Waals surface area (Å²) in [5, 5.41) is 15.2. The number of nitrogens with one attached hydrogen (secondary N) is 1. The Morgan fingerprint density at radius 1 is 0.905 bits per heavy atom. The predicted molar refractivity (Wildman–Crippen MR) is 83.8 cm³/mol. The summed E-state index contributed by atoms with van der Waals surface area (Å²) < 4.78 is 13.0. The van der Waals surface area contributed by atoms with Gasteiger partial charge in [-0.25, -0.2) is 4.39 Å². The van der Waals surface area contributed by atoms with Gasteiger partial charge in [0, 0.05) is 5.69 Å². The molecule has 0 aliphatic heterocycles. The fraction of sp³-hybridized carbons (Fsp3) is 0.111. The first-order valence-corrected chi connectivity index (χ1v) is 6.88. The van der Waals surface area contributed by atoms with E-state index in [2.05, 4.69) is 5.32 Å². The molecule has 1 atom stereocenters. The third-order valence-electron chi connectivity index (χ3n) is 3.57. The summed E-state index contributed by atoms with van der Waals surface area (Å²) in [6, 6.07) is 20.0. The summed E-state index contributed by atoms with van der Waals surface area (Å²) >= 11 is 0. The lowest BCUT2D eigenvalue weighted by atomic mass is 9.99. The number of halogens is 1. The summed E-state index contributed by atoms with van der Waals surface area (Å²) in [5.74, 6) is -0.272. The van der Waals surface area contributed by atoms with Gasteiger partial charge in [0.15, 0.2) is 0 Å². The van der Waals surface area contributed by atoms with Crippen molar-refractivity contribution in [2.45, 2.75) is 6.04 Å². The van der Waals surface area contributed by atoms with Crippen molar-refractivity contribution in [1.29, 1.82) is 0 Å². The lowest BCUT2D eigenvalue weighted by molar-refractivity contribution is 0.277. The van der Waals surface area contributed by atoms with Crippen LogP contribution in [0.3, 0.4) is 0 Å². The van der Waals surface area contributed by atoms with E-state index in [0.717, 1.165) is 22.0 Å². The number of aliphatic hydroxyl groups is 1. The van der Waals surface area contributed by atoms with E-state index in [1.165, 1.54) is 12.1 Å². The van der Waals surface area contributed by atoms with Gasteiger partial charge < -0.3 is 10.4 Å². The van der Waals surface area contributed by atoms with E-state index in [0.29, 0.717) is 0 Å². The Morgan fingerprint density at radius 2 is 1.62 bits per heavy atom. The van der Waals surface area contributed by atoms with Gasteiger partial charge in [-0.3, -0.25) is 0 Å². The van der Waals surface area contributed by atoms with Crippen LogP contribution in [0.15, 0.2) is 66.7 Å². The third-order valence-corrected chi connectivity index (χ3v) is 3.57. The Morgan fingerprint density at radius 3 is 2.38 bits per heavy atom. The van der Waals surface area contributed by atoms with Gasteiger partial charge >= 0.3 is 0 Å². The topological polar surface area (TPSA) is 32.3 Å². The van der Waals surface area contributed by atoms with Gasteiger partial charge in [-0.15, -0.1) is 0 Å². The van der Waals surface area contributed by atoms with Crippen LogP contribution >= 0.6 is 0 Å². The van der Waals surface area contributed by atoms with Crippen LogP contribution in [0.1, 0.15) is 11.6 Å². The highest BCUT2D eigenvalue weighted by Gasteiger charge is 2.13. The minimum absolute atomic E-state index is 0.0363. The van der Waals surface area contributed by atoms with Gasteiger partial charge in [-0.2, -0.15) is 0 Å². The summed E-state index contributed by atoms with van der Waals surface area (Å²) in [6.07, 6.45) is 0. The Kier molecular flexibility index (Phi) is 3.84. The van der Waals surface area contributed by atoms with Crippen LogP contribution < -0.4 is 5.32 Å². The highest BCUT2D eigenvalue weighted by Crippen LogP contribution is 2.27. The first-order valence-electron chi connectivity index (χ1n) is 6.88. The number of fused-ring (bicyclic) bond motifs is 1. The van der Waals surface area contributed by atoms with Crippen molar-refractivity contribution in [1.82, 2.24) is 0 Å². The molecule has 3 aromatic rings. The highest BCUT2D eigenvalue weighted by molar-refractivity contribution is 5.86. The number of hydrogen-bond donors (Lipinski definition) is 2. The Balaban J connectivity index is 1.96. The molecular weight excluding hydrogens is 265 g/mol. The molecule has 0 saturated heterocycles. The van der Waals surface area contributed by atoms with Crippen molar-refractivity contribution in [3.63, 3.8) is 0 Å². The monoisotopic (exact) mass is 281 g/mol. The van der Waals surface area contributed by atoms with E-state index in [9.17, 15) is 9.50 Å². The molecule has 0 fully saturated rings. The van der Waals surface area contributed by atoms with Crippen LogP contribution in [-0.4, -0.2) is 11.7 Å². The van der Waals surface area contributed by atoms with Crippen LogP contribution in [0.4, 0.5) is 10.1 Å². The number of anilines is 1. The number of hydrogen-bond acceptors (Lipinski definition) is 2. The fourth-order valence-electron chi connectivity index (χ4n) is 2.52. The van der Waals surface area contributed by atoms with Crippen LogP contribution in [0, 0.1) is 5.82 Å². The Hall–Kier alpha value is -2.39. The zero-order valence-electron chi connectivity index (χ0n) is 11.5. The van der Waals surface area contributed by atoms with Crippen LogP contribution in [-0.2, 0) is 0 Å². The smallest absolute Gasteiger partial charge is 0.123 e. The van der Waals surface area contributed by atoms with E-state index >= 15 is 0 Å². The van der Waals surface area contributed by atoms with Crippen LogP contribution in [0.25, 0.3) is 10.8 Å². The molecular formula is C18H16FNO. The quantitative estimate of drug-likeness (QED) is 0.754. The Labute approximate surface area is 122 Å². The minimum atomic E-state index is -0.272. The van der Waals surface area contributed by atoms with E-state index in [-0.39, 0.29) is 18.5 Å². The molecule has 0 radical (unpaired) electrons. The third kappa shape index (κ3) is 2.88. The maximum absolute atomic E-state index is 13.0. The van der Waals surface area contributed by atoms with E-state index < -0.39 is 0 Å².